The molecule has 104 valence electrons. The molecule has 19 heavy (non-hydrogen) atoms. The maximum atomic E-state index is 12.1. The Morgan fingerprint density at radius 3 is 2.79 bits per heavy atom. The van der Waals surface area contributed by atoms with Crippen LogP contribution in [0.4, 0.5) is 5.69 Å². The van der Waals surface area contributed by atoms with Crippen molar-refractivity contribution in [3.63, 3.8) is 0 Å². The predicted octanol–water partition coefficient (Wildman–Crippen LogP) is 0.483. The number of nitrogens with one attached hydrogen (secondary N) is 2. The number of nitro groups is 1. The van der Waals surface area contributed by atoms with Crippen LogP contribution in [0, 0.1) is 16.0 Å². The van der Waals surface area contributed by atoms with E-state index in [1.54, 1.807) is 0 Å². The molecule has 7 nitrogen and oxygen atoms in total. The van der Waals surface area contributed by atoms with Crippen LogP contribution < -0.4 is 10.0 Å². The Balaban J connectivity index is 2.17. The largest absolute Gasteiger partial charge is 0.316 e. The van der Waals surface area contributed by atoms with Gasteiger partial charge in [0.2, 0.25) is 10.0 Å². The number of nitro benzene ring substituents is 1. The lowest BCUT2D eigenvalue weighted by Crippen LogP contribution is -2.30. The van der Waals surface area contributed by atoms with Gasteiger partial charge in [0.15, 0.2) is 4.90 Å². The van der Waals surface area contributed by atoms with Gasteiger partial charge in [0, 0.05) is 12.6 Å². The summed E-state index contributed by atoms with van der Waals surface area (Å²) in [6, 6.07) is 5.34. The summed E-state index contributed by atoms with van der Waals surface area (Å²) >= 11 is 0. The van der Waals surface area contributed by atoms with Crippen LogP contribution in [0.2, 0.25) is 0 Å². The van der Waals surface area contributed by atoms with Gasteiger partial charge in [-0.3, -0.25) is 10.1 Å². The van der Waals surface area contributed by atoms with E-state index >= 15 is 0 Å². The number of nitrogens with zero attached hydrogens (tertiary/aromatic N) is 1. The topological polar surface area (TPSA) is 101 Å². The fraction of sp³-hybridized carbons (Fsp3) is 0.455. The number of rotatable bonds is 5. The van der Waals surface area contributed by atoms with E-state index in [1.165, 1.54) is 24.3 Å². The molecule has 0 saturated carbocycles. The van der Waals surface area contributed by atoms with Crippen LogP contribution in [0.25, 0.3) is 0 Å². The van der Waals surface area contributed by atoms with E-state index in [1.807, 2.05) is 0 Å². The van der Waals surface area contributed by atoms with Crippen LogP contribution in [0.1, 0.15) is 6.42 Å². The molecule has 0 radical (unpaired) electrons. The molecule has 1 atom stereocenters. The highest BCUT2D eigenvalue weighted by Gasteiger charge is 2.26. The minimum atomic E-state index is -3.84. The quantitative estimate of drug-likeness (QED) is 0.605. The van der Waals surface area contributed by atoms with Crippen LogP contribution in [0.15, 0.2) is 29.2 Å². The highest BCUT2D eigenvalue weighted by molar-refractivity contribution is 7.89. The standard InChI is InChI=1S/C11H15N3O4S/c15-14(16)10-3-1-2-4-11(10)19(17,18)13-8-9-5-6-12-7-9/h1-4,9,12-13H,5-8H2/t9-/m1/s1. The van der Waals surface area contributed by atoms with Crippen molar-refractivity contribution in [3.05, 3.63) is 34.4 Å². The molecule has 8 heteroatoms. The average Bonchev–Trinajstić information content (AvgIpc) is 2.89. The van der Waals surface area contributed by atoms with Crippen molar-refractivity contribution in [2.45, 2.75) is 11.3 Å². The van der Waals surface area contributed by atoms with Gasteiger partial charge in [-0.15, -0.1) is 0 Å². The molecule has 1 aromatic rings. The first-order valence-electron chi connectivity index (χ1n) is 5.94. The fourth-order valence-corrected chi connectivity index (χ4v) is 3.32. The Hall–Kier alpha value is -1.51. The van der Waals surface area contributed by atoms with E-state index < -0.39 is 20.6 Å². The van der Waals surface area contributed by atoms with Crippen LogP contribution in [-0.2, 0) is 10.0 Å². The summed E-state index contributed by atoms with van der Waals surface area (Å²) in [5.74, 6) is 0.234. The number of hydrogen-bond donors (Lipinski definition) is 2. The van der Waals surface area contributed by atoms with Gasteiger partial charge in [-0.25, -0.2) is 13.1 Å². The highest BCUT2D eigenvalue weighted by atomic mass is 32.2. The number of hydrogen-bond acceptors (Lipinski definition) is 5. The third-order valence-electron chi connectivity index (χ3n) is 3.08. The van der Waals surface area contributed by atoms with Gasteiger partial charge in [0.1, 0.15) is 0 Å². The molecule has 2 rings (SSSR count). The van der Waals surface area contributed by atoms with Crippen LogP contribution in [-0.4, -0.2) is 33.0 Å². The maximum absolute atomic E-state index is 12.1. The molecule has 0 spiro atoms. The summed E-state index contributed by atoms with van der Waals surface area (Å²) in [5.41, 5.74) is -0.403. The predicted molar refractivity (Wildman–Crippen MR) is 69.3 cm³/mol. The van der Waals surface area contributed by atoms with Crippen molar-refractivity contribution in [1.29, 1.82) is 0 Å². The molecule has 1 heterocycles. The number of sulfonamides is 1. The van der Waals surface area contributed by atoms with Crippen molar-refractivity contribution >= 4 is 15.7 Å². The smallest absolute Gasteiger partial charge is 0.289 e. The third-order valence-corrected chi connectivity index (χ3v) is 4.55. The second-order valence-electron chi connectivity index (χ2n) is 4.44. The highest BCUT2D eigenvalue weighted by Crippen LogP contribution is 2.22. The van der Waals surface area contributed by atoms with Crippen molar-refractivity contribution in [1.82, 2.24) is 10.0 Å². The zero-order valence-electron chi connectivity index (χ0n) is 10.2. The zero-order chi connectivity index (χ0) is 13.9. The first-order valence-corrected chi connectivity index (χ1v) is 7.43. The average molecular weight is 285 g/mol. The van der Waals surface area contributed by atoms with E-state index in [2.05, 4.69) is 10.0 Å². The molecular weight excluding hydrogens is 270 g/mol. The normalized spacial score (nSPS) is 19.5. The molecule has 1 fully saturated rings. The first-order chi connectivity index (χ1) is 9.00. The maximum Gasteiger partial charge on any atom is 0.289 e. The summed E-state index contributed by atoms with van der Waals surface area (Å²) in [4.78, 5) is 9.86. The van der Waals surface area contributed by atoms with Crippen molar-refractivity contribution < 1.29 is 13.3 Å². The van der Waals surface area contributed by atoms with Crippen molar-refractivity contribution in [3.8, 4) is 0 Å². The SMILES string of the molecule is O=[N+]([O-])c1ccccc1S(=O)(=O)NC[C@@H]1CCNC1. The summed E-state index contributed by atoms with van der Waals surface area (Å²) in [6.45, 7) is 1.93. The Bertz CT molecular complexity index is 567. The van der Waals surface area contributed by atoms with Gasteiger partial charge < -0.3 is 5.32 Å². The minimum absolute atomic E-state index is 0.234. The monoisotopic (exact) mass is 285 g/mol. The molecule has 0 amide bonds. The summed E-state index contributed by atoms with van der Waals surface area (Å²) < 4.78 is 26.6. The molecule has 1 aliphatic heterocycles. The second kappa shape index (κ2) is 5.64. The lowest BCUT2D eigenvalue weighted by atomic mass is 10.1. The lowest BCUT2D eigenvalue weighted by molar-refractivity contribution is -0.387. The molecule has 0 bridgehead atoms. The van der Waals surface area contributed by atoms with E-state index in [4.69, 9.17) is 0 Å². The van der Waals surface area contributed by atoms with Gasteiger partial charge in [-0.05, 0) is 31.5 Å². The van der Waals surface area contributed by atoms with E-state index in [0.717, 1.165) is 19.5 Å². The minimum Gasteiger partial charge on any atom is -0.316 e. The van der Waals surface area contributed by atoms with E-state index in [9.17, 15) is 18.5 Å². The molecule has 0 aliphatic carbocycles. The van der Waals surface area contributed by atoms with E-state index in [-0.39, 0.29) is 10.8 Å². The number of para-hydroxylation sites is 1. The molecule has 1 aliphatic rings. The fourth-order valence-electron chi connectivity index (χ4n) is 2.03. The van der Waals surface area contributed by atoms with Crippen molar-refractivity contribution in [2.75, 3.05) is 19.6 Å². The van der Waals surface area contributed by atoms with E-state index in [0.29, 0.717) is 6.54 Å². The molecule has 1 aromatic carbocycles. The zero-order valence-corrected chi connectivity index (χ0v) is 11.0. The third kappa shape index (κ3) is 3.28. The Labute approximate surface area is 111 Å². The molecule has 1 saturated heterocycles. The first kappa shape index (κ1) is 13.9. The van der Waals surface area contributed by atoms with Gasteiger partial charge in [0.25, 0.3) is 5.69 Å². The Morgan fingerprint density at radius 2 is 2.16 bits per heavy atom. The Morgan fingerprint density at radius 1 is 1.42 bits per heavy atom. The lowest BCUT2D eigenvalue weighted by Gasteiger charge is -2.10. The van der Waals surface area contributed by atoms with Crippen molar-refractivity contribution in [2.24, 2.45) is 5.92 Å². The summed E-state index contributed by atoms with van der Waals surface area (Å²) in [7, 11) is -3.84. The number of benzene rings is 1. The van der Waals surface area contributed by atoms with Gasteiger partial charge >= 0.3 is 0 Å². The van der Waals surface area contributed by atoms with Gasteiger partial charge in [-0.1, -0.05) is 12.1 Å². The molecule has 0 unspecified atom stereocenters. The summed E-state index contributed by atoms with van der Waals surface area (Å²) in [5, 5.41) is 14.0. The van der Waals surface area contributed by atoms with Gasteiger partial charge in [0.05, 0.1) is 4.92 Å². The molecule has 2 N–H and O–H groups in total. The Kier molecular flexibility index (Phi) is 4.13. The van der Waals surface area contributed by atoms with Gasteiger partial charge in [-0.2, -0.15) is 0 Å². The molecular formula is C11H15N3O4S. The second-order valence-corrected chi connectivity index (χ2v) is 6.17. The summed E-state index contributed by atoms with van der Waals surface area (Å²) in [6.07, 6.45) is 0.902. The molecule has 0 aromatic heterocycles. The van der Waals surface area contributed by atoms with Crippen LogP contribution in [0.3, 0.4) is 0 Å². The van der Waals surface area contributed by atoms with Crippen LogP contribution in [0.5, 0.6) is 0 Å². The van der Waals surface area contributed by atoms with Crippen LogP contribution >= 0.6 is 0 Å².